The molecule has 0 atom stereocenters. The molecule has 0 aliphatic carbocycles. The summed E-state index contributed by atoms with van der Waals surface area (Å²) in [6.45, 7) is 5.15. The number of amides is 2. The van der Waals surface area contributed by atoms with Crippen molar-refractivity contribution >= 4 is 11.7 Å². The minimum atomic E-state index is -0.163. The van der Waals surface area contributed by atoms with Crippen molar-refractivity contribution < 1.29 is 19.0 Å². The number of carbonyl (C=O) groups excluding carboxylic acids is 1. The monoisotopic (exact) mass is 282 g/mol. The number of hydrogen-bond acceptors (Lipinski definition) is 4. The van der Waals surface area contributed by atoms with Gasteiger partial charge in [-0.2, -0.15) is 0 Å². The largest absolute Gasteiger partial charge is 0.493 e. The predicted octanol–water partition coefficient (Wildman–Crippen LogP) is 2.59. The van der Waals surface area contributed by atoms with Crippen LogP contribution in [0.15, 0.2) is 12.1 Å². The van der Waals surface area contributed by atoms with Gasteiger partial charge in [0, 0.05) is 25.2 Å². The smallest absolute Gasteiger partial charge is 0.321 e. The maximum absolute atomic E-state index is 12.0. The molecule has 0 heterocycles. The maximum Gasteiger partial charge on any atom is 0.321 e. The fraction of sp³-hybridized carbons (Fsp3) is 0.500. The second-order valence-electron chi connectivity index (χ2n) is 4.02. The molecular formula is C14H22N2O4. The van der Waals surface area contributed by atoms with Gasteiger partial charge in [0.1, 0.15) is 0 Å². The zero-order chi connectivity index (χ0) is 15.1. The van der Waals surface area contributed by atoms with E-state index in [1.54, 1.807) is 17.0 Å². The first kappa shape index (κ1) is 15.9. The molecule has 6 heteroatoms. The lowest BCUT2D eigenvalue weighted by Gasteiger charge is -2.20. The van der Waals surface area contributed by atoms with Crippen LogP contribution in [0.2, 0.25) is 0 Å². The average molecular weight is 282 g/mol. The third-order valence-electron chi connectivity index (χ3n) is 2.97. The third kappa shape index (κ3) is 3.46. The van der Waals surface area contributed by atoms with Gasteiger partial charge in [-0.3, -0.25) is 0 Å². The normalized spacial score (nSPS) is 9.85. The number of methoxy groups -OCH3 is 3. The standard InChI is InChI=1S/C14H22N2O4/c1-6-16(7-2)14(17)15-10-8-11(18-3)13(20-5)12(9-10)19-4/h8-9H,6-7H2,1-5H3,(H,15,17). The number of nitrogens with one attached hydrogen (secondary N) is 1. The van der Waals surface area contributed by atoms with Gasteiger partial charge in [-0.15, -0.1) is 0 Å². The van der Waals surface area contributed by atoms with E-state index in [1.807, 2.05) is 13.8 Å². The van der Waals surface area contributed by atoms with Gasteiger partial charge in [0.25, 0.3) is 0 Å². The Kier molecular flexibility index (Phi) is 5.96. The zero-order valence-corrected chi connectivity index (χ0v) is 12.6. The van der Waals surface area contributed by atoms with Crippen LogP contribution < -0.4 is 19.5 Å². The molecule has 1 rings (SSSR count). The first-order valence-electron chi connectivity index (χ1n) is 6.47. The first-order valence-corrected chi connectivity index (χ1v) is 6.47. The van der Waals surface area contributed by atoms with Crippen LogP contribution in [0, 0.1) is 0 Å². The number of urea groups is 1. The SMILES string of the molecule is CCN(CC)C(=O)Nc1cc(OC)c(OC)c(OC)c1. The highest BCUT2D eigenvalue weighted by atomic mass is 16.5. The molecule has 112 valence electrons. The summed E-state index contributed by atoms with van der Waals surface area (Å²) >= 11 is 0. The van der Waals surface area contributed by atoms with Crippen molar-refractivity contribution in [2.45, 2.75) is 13.8 Å². The summed E-state index contributed by atoms with van der Waals surface area (Å²) in [5.41, 5.74) is 0.594. The van der Waals surface area contributed by atoms with Gasteiger partial charge >= 0.3 is 6.03 Å². The second kappa shape index (κ2) is 7.47. The number of anilines is 1. The summed E-state index contributed by atoms with van der Waals surface area (Å²) in [6.07, 6.45) is 0. The van der Waals surface area contributed by atoms with E-state index in [2.05, 4.69) is 5.32 Å². The molecule has 0 aromatic heterocycles. The summed E-state index contributed by atoms with van der Waals surface area (Å²) < 4.78 is 15.7. The van der Waals surface area contributed by atoms with Crippen LogP contribution >= 0.6 is 0 Å². The number of benzene rings is 1. The third-order valence-corrected chi connectivity index (χ3v) is 2.97. The summed E-state index contributed by atoms with van der Waals surface area (Å²) in [5, 5.41) is 2.82. The Bertz CT molecular complexity index is 433. The Morgan fingerprint density at radius 3 is 1.90 bits per heavy atom. The fourth-order valence-electron chi connectivity index (χ4n) is 1.87. The molecule has 0 saturated carbocycles. The number of ether oxygens (including phenoxy) is 3. The minimum Gasteiger partial charge on any atom is -0.493 e. The van der Waals surface area contributed by atoms with E-state index in [9.17, 15) is 4.79 Å². The van der Waals surface area contributed by atoms with Gasteiger partial charge in [0.05, 0.1) is 27.0 Å². The van der Waals surface area contributed by atoms with Crippen molar-refractivity contribution in [3.8, 4) is 17.2 Å². The molecular weight excluding hydrogens is 260 g/mol. The highest BCUT2D eigenvalue weighted by Crippen LogP contribution is 2.39. The molecule has 6 nitrogen and oxygen atoms in total. The Labute approximate surface area is 119 Å². The highest BCUT2D eigenvalue weighted by Gasteiger charge is 2.16. The second-order valence-corrected chi connectivity index (χ2v) is 4.02. The number of nitrogens with zero attached hydrogens (tertiary/aromatic N) is 1. The molecule has 0 radical (unpaired) electrons. The van der Waals surface area contributed by atoms with Gasteiger partial charge < -0.3 is 24.4 Å². The van der Waals surface area contributed by atoms with Crippen LogP contribution in [0.4, 0.5) is 10.5 Å². The maximum atomic E-state index is 12.0. The lowest BCUT2D eigenvalue weighted by Crippen LogP contribution is -2.34. The van der Waals surface area contributed by atoms with Crippen LogP contribution in [0.1, 0.15) is 13.8 Å². The van der Waals surface area contributed by atoms with Gasteiger partial charge in [0.15, 0.2) is 11.5 Å². The van der Waals surface area contributed by atoms with E-state index < -0.39 is 0 Å². The van der Waals surface area contributed by atoms with E-state index in [4.69, 9.17) is 14.2 Å². The molecule has 1 aromatic rings. The summed E-state index contributed by atoms with van der Waals surface area (Å²) in [4.78, 5) is 13.7. The fourth-order valence-corrected chi connectivity index (χ4v) is 1.87. The van der Waals surface area contributed by atoms with Crippen molar-refractivity contribution in [3.63, 3.8) is 0 Å². The van der Waals surface area contributed by atoms with Crippen LogP contribution in [-0.2, 0) is 0 Å². The molecule has 0 aliphatic heterocycles. The lowest BCUT2D eigenvalue weighted by molar-refractivity contribution is 0.217. The van der Waals surface area contributed by atoms with Gasteiger partial charge in [-0.25, -0.2) is 4.79 Å². The Hall–Kier alpha value is -2.11. The van der Waals surface area contributed by atoms with E-state index in [0.29, 0.717) is 36.0 Å². The Morgan fingerprint density at radius 1 is 1.05 bits per heavy atom. The first-order chi connectivity index (χ1) is 9.60. The van der Waals surface area contributed by atoms with Gasteiger partial charge in [0.2, 0.25) is 5.75 Å². The van der Waals surface area contributed by atoms with Gasteiger partial charge in [-0.05, 0) is 13.8 Å². The number of carbonyl (C=O) groups is 1. The molecule has 0 unspecified atom stereocenters. The van der Waals surface area contributed by atoms with E-state index >= 15 is 0 Å². The molecule has 1 N–H and O–H groups in total. The molecule has 0 fully saturated rings. The molecule has 20 heavy (non-hydrogen) atoms. The lowest BCUT2D eigenvalue weighted by atomic mass is 10.2. The van der Waals surface area contributed by atoms with E-state index in [0.717, 1.165) is 0 Å². The minimum absolute atomic E-state index is 0.163. The Balaban J connectivity index is 3.04. The van der Waals surface area contributed by atoms with Crippen molar-refractivity contribution in [3.05, 3.63) is 12.1 Å². The number of rotatable bonds is 6. The van der Waals surface area contributed by atoms with Crippen LogP contribution in [-0.4, -0.2) is 45.3 Å². The van der Waals surface area contributed by atoms with E-state index in [1.165, 1.54) is 21.3 Å². The average Bonchev–Trinajstić information content (AvgIpc) is 2.47. The molecule has 0 bridgehead atoms. The Morgan fingerprint density at radius 2 is 1.55 bits per heavy atom. The zero-order valence-electron chi connectivity index (χ0n) is 12.6. The van der Waals surface area contributed by atoms with Crippen LogP contribution in [0.25, 0.3) is 0 Å². The summed E-state index contributed by atoms with van der Waals surface area (Å²) in [5.74, 6) is 1.50. The summed E-state index contributed by atoms with van der Waals surface area (Å²) in [7, 11) is 4.61. The molecule has 1 aromatic carbocycles. The highest BCUT2D eigenvalue weighted by molar-refractivity contribution is 5.90. The molecule has 0 spiro atoms. The van der Waals surface area contributed by atoms with Crippen LogP contribution in [0.5, 0.6) is 17.2 Å². The molecule has 2 amide bonds. The van der Waals surface area contributed by atoms with Crippen molar-refractivity contribution in [2.75, 3.05) is 39.7 Å². The number of hydrogen-bond donors (Lipinski definition) is 1. The van der Waals surface area contributed by atoms with E-state index in [-0.39, 0.29) is 6.03 Å². The molecule has 0 saturated heterocycles. The van der Waals surface area contributed by atoms with Gasteiger partial charge in [-0.1, -0.05) is 0 Å². The van der Waals surface area contributed by atoms with Crippen molar-refractivity contribution in [1.82, 2.24) is 4.90 Å². The predicted molar refractivity (Wildman–Crippen MR) is 78.0 cm³/mol. The summed E-state index contributed by atoms with van der Waals surface area (Å²) in [6, 6.07) is 3.23. The van der Waals surface area contributed by atoms with Crippen LogP contribution in [0.3, 0.4) is 0 Å². The molecule has 0 aliphatic rings. The topological polar surface area (TPSA) is 60.0 Å². The van der Waals surface area contributed by atoms with Crippen molar-refractivity contribution in [2.24, 2.45) is 0 Å². The quantitative estimate of drug-likeness (QED) is 0.871. The van der Waals surface area contributed by atoms with Crippen molar-refractivity contribution in [1.29, 1.82) is 0 Å².